The Balaban J connectivity index is 1.78. The highest BCUT2D eigenvalue weighted by atomic mass is 16.5. The summed E-state index contributed by atoms with van der Waals surface area (Å²) in [5.41, 5.74) is 1.63. The molecule has 0 aliphatic heterocycles. The molecular weight excluding hydrogens is 432 g/mol. The highest BCUT2D eigenvalue weighted by Crippen LogP contribution is 2.58. The van der Waals surface area contributed by atoms with Gasteiger partial charge in [0.1, 0.15) is 11.5 Å². The number of carbonyl (C=O) groups is 2. The Hall–Kier alpha value is -3.02. The SMILES string of the molecule is CCCCCOc1ccc([C@@H]2[C@@H](C(=O)O)[C@@H](C(=O)O)[C@@H]2c2ccc(OCCCCC)cc2)cc1. The summed E-state index contributed by atoms with van der Waals surface area (Å²) in [6, 6.07) is 14.9. The van der Waals surface area contributed by atoms with Gasteiger partial charge in [0.2, 0.25) is 0 Å². The predicted molar refractivity (Wildman–Crippen MR) is 131 cm³/mol. The molecule has 6 nitrogen and oxygen atoms in total. The lowest BCUT2D eigenvalue weighted by molar-refractivity contribution is -0.164. The first kappa shape index (κ1) is 25.6. The Morgan fingerprint density at radius 3 is 1.29 bits per heavy atom. The van der Waals surface area contributed by atoms with Crippen molar-refractivity contribution in [2.24, 2.45) is 11.8 Å². The second kappa shape index (κ2) is 12.4. The van der Waals surface area contributed by atoms with Gasteiger partial charge in [0.15, 0.2) is 0 Å². The molecule has 0 spiro atoms. The Morgan fingerprint density at radius 1 is 0.647 bits per heavy atom. The molecule has 184 valence electrons. The number of hydrogen-bond acceptors (Lipinski definition) is 4. The zero-order valence-corrected chi connectivity index (χ0v) is 20.1. The van der Waals surface area contributed by atoms with Crippen molar-refractivity contribution in [1.82, 2.24) is 0 Å². The van der Waals surface area contributed by atoms with Gasteiger partial charge in [0, 0.05) is 11.8 Å². The fourth-order valence-electron chi connectivity index (χ4n) is 4.85. The van der Waals surface area contributed by atoms with E-state index in [9.17, 15) is 19.8 Å². The summed E-state index contributed by atoms with van der Waals surface area (Å²) >= 11 is 0. The van der Waals surface area contributed by atoms with Gasteiger partial charge in [-0.15, -0.1) is 0 Å². The molecule has 0 saturated heterocycles. The Morgan fingerprint density at radius 2 is 1.00 bits per heavy atom. The molecule has 6 heteroatoms. The van der Waals surface area contributed by atoms with Gasteiger partial charge in [0.25, 0.3) is 0 Å². The number of aliphatic carboxylic acids is 2. The van der Waals surface area contributed by atoms with E-state index in [1.54, 1.807) is 0 Å². The summed E-state index contributed by atoms with van der Waals surface area (Å²) in [6.07, 6.45) is 6.45. The van der Waals surface area contributed by atoms with Crippen molar-refractivity contribution < 1.29 is 29.3 Å². The topological polar surface area (TPSA) is 93.1 Å². The maximum Gasteiger partial charge on any atom is 0.308 e. The monoisotopic (exact) mass is 468 g/mol. The number of unbranched alkanes of at least 4 members (excludes halogenated alkanes) is 4. The van der Waals surface area contributed by atoms with Crippen LogP contribution in [0.4, 0.5) is 0 Å². The highest BCUT2D eigenvalue weighted by molar-refractivity contribution is 5.85. The van der Waals surface area contributed by atoms with Gasteiger partial charge in [-0.2, -0.15) is 0 Å². The van der Waals surface area contributed by atoms with Crippen LogP contribution in [0.1, 0.15) is 75.3 Å². The summed E-state index contributed by atoms with van der Waals surface area (Å²) < 4.78 is 11.6. The van der Waals surface area contributed by atoms with E-state index < -0.39 is 35.6 Å². The van der Waals surface area contributed by atoms with Crippen molar-refractivity contribution in [2.75, 3.05) is 13.2 Å². The standard InChI is InChI=1S/C28H36O6/c1-3-5-7-17-33-21-13-9-19(10-14-21)23-24(26(28(31)32)25(23)27(29)30)20-11-15-22(16-12-20)34-18-8-6-4-2/h9-16,23-26H,3-8,17-18H2,1-2H3,(H,29,30)(H,31,32)/t23-,24+,25+,26-. The first-order chi connectivity index (χ1) is 16.5. The average molecular weight is 469 g/mol. The van der Waals surface area contributed by atoms with Gasteiger partial charge in [-0.3, -0.25) is 9.59 Å². The first-order valence-electron chi connectivity index (χ1n) is 12.4. The molecule has 0 radical (unpaired) electrons. The van der Waals surface area contributed by atoms with E-state index in [4.69, 9.17) is 9.47 Å². The molecule has 0 aromatic heterocycles. The summed E-state index contributed by atoms with van der Waals surface area (Å²) in [5, 5.41) is 19.7. The zero-order chi connectivity index (χ0) is 24.5. The van der Waals surface area contributed by atoms with E-state index >= 15 is 0 Å². The number of carboxylic acids is 2. The molecule has 0 heterocycles. The van der Waals surface area contributed by atoms with Crippen LogP contribution < -0.4 is 9.47 Å². The summed E-state index contributed by atoms with van der Waals surface area (Å²) in [5.74, 6) is -3.50. The second-order valence-electron chi connectivity index (χ2n) is 9.03. The third kappa shape index (κ3) is 6.10. The van der Waals surface area contributed by atoms with Crippen LogP contribution in [0.15, 0.2) is 48.5 Å². The Kier molecular flexibility index (Phi) is 9.37. The minimum absolute atomic E-state index is 0.427. The first-order valence-corrected chi connectivity index (χ1v) is 12.4. The van der Waals surface area contributed by atoms with Crippen LogP contribution in [-0.4, -0.2) is 35.4 Å². The molecule has 34 heavy (non-hydrogen) atoms. The van der Waals surface area contributed by atoms with E-state index in [0.717, 1.165) is 61.2 Å². The van der Waals surface area contributed by atoms with Gasteiger partial charge in [-0.25, -0.2) is 0 Å². The number of hydrogen-bond donors (Lipinski definition) is 2. The molecule has 1 aliphatic rings. The largest absolute Gasteiger partial charge is 0.494 e. The maximum absolute atomic E-state index is 12.0. The molecule has 2 aromatic rings. The van der Waals surface area contributed by atoms with E-state index in [0.29, 0.717) is 13.2 Å². The molecule has 1 fully saturated rings. The van der Waals surface area contributed by atoms with Crippen molar-refractivity contribution >= 4 is 11.9 Å². The molecule has 0 unspecified atom stereocenters. The van der Waals surface area contributed by atoms with Crippen LogP contribution in [0, 0.1) is 11.8 Å². The normalized spacial score (nSPS) is 21.5. The van der Waals surface area contributed by atoms with Crippen molar-refractivity contribution in [3.63, 3.8) is 0 Å². The fraction of sp³-hybridized carbons (Fsp3) is 0.500. The molecule has 0 bridgehead atoms. The predicted octanol–water partition coefficient (Wildman–Crippen LogP) is 6.11. The lowest BCUT2D eigenvalue weighted by atomic mass is 9.52. The smallest absolute Gasteiger partial charge is 0.308 e. The van der Waals surface area contributed by atoms with Crippen LogP contribution in [0.2, 0.25) is 0 Å². The Labute approximate surface area is 201 Å². The molecule has 2 aromatic carbocycles. The maximum atomic E-state index is 12.0. The number of carboxylic acid groups (broad SMARTS) is 2. The molecule has 1 aliphatic carbocycles. The summed E-state index contributed by atoms with van der Waals surface area (Å²) in [7, 11) is 0. The van der Waals surface area contributed by atoms with Crippen molar-refractivity contribution in [3.05, 3.63) is 59.7 Å². The van der Waals surface area contributed by atoms with Crippen molar-refractivity contribution in [1.29, 1.82) is 0 Å². The van der Waals surface area contributed by atoms with E-state index in [1.165, 1.54) is 0 Å². The van der Waals surface area contributed by atoms with Crippen molar-refractivity contribution in [2.45, 2.75) is 64.2 Å². The van der Waals surface area contributed by atoms with Crippen LogP contribution in [0.3, 0.4) is 0 Å². The Bertz CT molecular complexity index is 843. The van der Waals surface area contributed by atoms with Gasteiger partial charge >= 0.3 is 11.9 Å². The van der Waals surface area contributed by atoms with Gasteiger partial charge in [-0.1, -0.05) is 63.8 Å². The van der Waals surface area contributed by atoms with Gasteiger partial charge < -0.3 is 19.7 Å². The van der Waals surface area contributed by atoms with Gasteiger partial charge in [0.05, 0.1) is 25.0 Å². The fourth-order valence-corrected chi connectivity index (χ4v) is 4.85. The van der Waals surface area contributed by atoms with Gasteiger partial charge in [-0.05, 0) is 48.2 Å². The lowest BCUT2D eigenvalue weighted by Crippen LogP contribution is -2.51. The molecule has 2 N–H and O–H groups in total. The van der Waals surface area contributed by atoms with Crippen LogP contribution in [0.5, 0.6) is 11.5 Å². The third-order valence-electron chi connectivity index (χ3n) is 6.68. The molecule has 3 rings (SSSR count). The van der Waals surface area contributed by atoms with E-state index in [-0.39, 0.29) is 0 Å². The molecule has 1 saturated carbocycles. The molecular formula is C28H36O6. The summed E-state index contributed by atoms with van der Waals surface area (Å²) in [6.45, 7) is 5.57. The molecule has 0 amide bonds. The average Bonchev–Trinajstić information content (AvgIpc) is 2.80. The number of ether oxygens (including phenoxy) is 2. The minimum Gasteiger partial charge on any atom is -0.494 e. The number of rotatable bonds is 14. The number of benzene rings is 2. The van der Waals surface area contributed by atoms with Crippen molar-refractivity contribution in [3.8, 4) is 11.5 Å². The minimum atomic E-state index is -1.08. The lowest BCUT2D eigenvalue weighted by Gasteiger charge is -2.48. The summed E-state index contributed by atoms with van der Waals surface area (Å²) in [4.78, 5) is 24.1. The second-order valence-corrected chi connectivity index (χ2v) is 9.03. The van der Waals surface area contributed by atoms with Crippen LogP contribution >= 0.6 is 0 Å². The molecule has 4 atom stereocenters. The van der Waals surface area contributed by atoms with Crippen LogP contribution in [0.25, 0.3) is 0 Å². The third-order valence-corrected chi connectivity index (χ3v) is 6.68. The quantitative estimate of drug-likeness (QED) is 0.325. The highest BCUT2D eigenvalue weighted by Gasteiger charge is 2.58. The van der Waals surface area contributed by atoms with E-state index in [1.807, 2.05) is 48.5 Å². The zero-order valence-electron chi connectivity index (χ0n) is 20.1. The van der Waals surface area contributed by atoms with E-state index in [2.05, 4.69) is 13.8 Å². The van der Waals surface area contributed by atoms with Crippen LogP contribution in [-0.2, 0) is 9.59 Å².